The van der Waals surface area contributed by atoms with Crippen LogP contribution in [0.1, 0.15) is 31.4 Å². The fourth-order valence-electron chi connectivity index (χ4n) is 4.34. The Kier molecular flexibility index (Phi) is 6.47. The van der Waals surface area contributed by atoms with Gasteiger partial charge in [0.25, 0.3) is 0 Å². The largest absolute Gasteiger partial charge is 0.367 e. The van der Waals surface area contributed by atoms with Crippen molar-refractivity contribution in [2.24, 2.45) is 5.92 Å². The first-order valence-electron chi connectivity index (χ1n) is 11.0. The topological polar surface area (TPSA) is 64.6 Å². The van der Waals surface area contributed by atoms with Crippen LogP contribution in [0.5, 0.6) is 0 Å². The molecule has 0 saturated carbocycles. The summed E-state index contributed by atoms with van der Waals surface area (Å²) in [5.41, 5.74) is 2.24. The van der Waals surface area contributed by atoms with Gasteiger partial charge in [-0.25, -0.2) is 9.97 Å². The molecule has 0 aliphatic carbocycles. The number of nitrogens with zero attached hydrogens (tertiary/aromatic N) is 5. The van der Waals surface area contributed by atoms with Gasteiger partial charge in [-0.1, -0.05) is 30.3 Å². The van der Waals surface area contributed by atoms with Gasteiger partial charge in [-0.05, 0) is 32.4 Å². The van der Waals surface area contributed by atoms with Crippen LogP contribution in [0.2, 0.25) is 0 Å². The molecule has 2 aliphatic rings. The Bertz CT molecular complexity index is 829. The van der Waals surface area contributed by atoms with Crippen LogP contribution in [-0.4, -0.2) is 67.1 Å². The highest BCUT2D eigenvalue weighted by Crippen LogP contribution is 2.30. The summed E-state index contributed by atoms with van der Waals surface area (Å²) in [5, 5.41) is 3.19. The highest BCUT2D eigenvalue weighted by molar-refractivity contribution is 5.79. The number of hydrogen-bond acceptors (Lipinski definition) is 6. The number of hydrogen-bond donors (Lipinski definition) is 1. The maximum atomic E-state index is 12.8. The summed E-state index contributed by atoms with van der Waals surface area (Å²) in [6.45, 7) is 7.81. The molecule has 1 atom stereocenters. The van der Waals surface area contributed by atoms with Crippen LogP contribution in [0.4, 0.5) is 11.5 Å². The van der Waals surface area contributed by atoms with Crippen LogP contribution in [0.25, 0.3) is 0 Å². The van der Waals surface area contributed by atoms with E-state index in [9.17, 15) is 4.79 Å². The van der Waals surface area contributed by atoms with Crippen molar-refractivity contribution in [3.63, 3.8) is 0 Å². The molecule has 160 valence electrons. The maximum absolute atomic E-state index is 12.8. The van der Waals surface area contributed by atoms with Gasteiger partial charge in [-0.3, -0.25) is 4.79 Å². The van der Waals surface area contributed by atoms with Gasteiger partial charge in [0.05, 0.1) is 17.9 Å². The Morgan fingerprint density at radius 1 is 1.03 bits per heavy atom. The third kappa shape index (κ3) is 4.73. The Hall–Kier alpha value is -2.67. The molecule has 7 heteroatoms. The van der Waals surface area contributed by atoms with Crippen molar-refractivity contribution in [1.82, 2.24) is 20.2 Å². The molecule has 1 unspecified atom stereocenters. The Morgan fingerprint density at radius 2 is 1.73 bits per heavy atom. The lowest BCUT2D eigenvalue weighted by Gasteiger charge is -2.38. The molecule has 2 aliphatic heterocycles. The van der Waals surface area contributed by atoms with E-state index < -0.39 is 0 Å². The number of nitrogens with one attached hydrogen (secondary N) is 1. The Morgan fingerprint density at radius 3 is 2.43 bits per heavy atom. The zero-order valence-corrected chi connectivity index (χ0v) is 18.0. The lowest BCUT2D eigenvalue weighted by Crippen LogP contribution is -2.46. The van der Waals surface area contributed by atoms with E-state index in [1.165, 1.54) is 0 Å². The van der Waals surface area contributed by atoms with Crippen molar-refractivity contribution >= 4 is 17.4 Å². The first-order valence-corrected chi connectivity index (χ1v) is 11.0. The van der Waals surface area contributed by atoms with Crippen molar-refractivity contribution in [2.45, 2.75) is 25.8 Å². The molecule has 4 rings (SSSR count). The molecule has 2 fully saturated rings. The van der Waals surface area contributed by atoms with E-state index in [1.807, 2.05) is 31.3 Å². The normalized spacial score (nSPS) is 19.5. The zero-order valence-electron chi connectivity index (χ0n) is 18.0. The summed E-state index contributed by atoms with van der Waals surface area (Å²) in [5.74, 6) is 1.25. The van der Waals surface area contributed by atoms with Crippen LogP contribution >= 0.6 is 0 Å². The molecule has 2 saturated heterocycles. The number of benzene rings is 1. The maximum Gasteiger partial charge on any atom is 0.223 e. The van der Waals surface area contributed by atoms with Crippen LogP contribution < -0.4 is 15.1 Å². The van der Waals surface area contributed by atoms with Gasteiger partial charge in [-0.15, -0.1) is 0 Å². The minimum Gasteiger partial charge on any atom is -0.367 e. The predicted octanol–water partition coefficient (Wildman–Crippen LogP) is 2.32. The molecule has 0 radical (unpaired) electrons. The number of rotatable bonds is 5. The second kappa shape index (κ2) is 9.43. The van der Waals surface area contributed by atoms with Crippen molar-refractivity contribution in [3.8, 4) is 0 Å². The lowest BCUT2D eigenvalue weighted by atomic mass is 9.95. The van der Waals surface area contributed by atoms with Gasteiger partial charge in [0, 0.05) is 45.2 Å². The number of anilines is 2. The number of piperazine rings is 1. The van der Waals surface area contributed by atoms with E-state index in [1.54, 1.807) is 6.33 Å². The highest BCUT2D eigenvalue weighted by atomic mass is 16.1. The minimum atomic E-state index is 0.0306. The molecule has 3 heterocycles. The van der Waals surface area contributed by atoms with Gasteiger partial charge >= 0.3 is 0 Å². The third-order valence-corrected chi connectivity index (χ3v) is 6.34. The Balaban J connectivity index is 1.35. The molecular formula is C23H32N6O. The molecular weight excluding hydrogens is 376 g/mol. The van der Waals surface area contributed by atoms with Gasteiger partial charge in [-0.2, -0.15) is 0 Å². The van der Waals surface area contributed by atoms with Crippen LogP contribution in [0.15, 0.2) is 42.9 Å². The zero-order chi connectivity index (χ0) is 20.9. The number of carbonyl (C=O) groups is 1. The number of likely N-dealkylation sites (N-methyl/N-ethyl adjacent to an activating group) is 1. The van der Waals surface area contributed by atoms with E-state index in [4.69, 9.17) is 0 Å². The quantitative estimate of drug-likeness (QED) is 0.819. The molecule has 0 spiro atoms. The third-order valence-electron chi connectivity index (χ3n) is 6.34. The summed E-state index contributed by atoms with van der Waals surface area (Å²) in [4.78, 5) is 28.7. The summed E-state index contributed by atoms with van der Waals surface area (Å²) >= 11 is 0. The van der Waals surface area contributed by atoms with Crippen LogP contribution in [0.3, 0.4) is 0 Å². The summed E-state index contributed by atoms with van der Waals surface area (Å²) in [6.07, 6.45) is 5.27. The lowest BCUT2D eigenvalue weighted by molar-refractivity contribution is -0.126. The fraction of sp³-hybridized carbons (Fsp3) is 0.522. The average molecular weight is 409 g/mol. The number of carbonyl (C=O) groups excluding carboxylic acids is 1. The van der Waals surface area contributed by atoms with Crippen molar-refractivity contribution in [1.29, 1.82) is 0 Å². The molecule has 7 nitrogen and oxygen atoms in total. The van der Waals surface area contributed by atoms with Crippen LogP contribution in [-0.2, 0) is 4.79 Å². The second-order valence-electron chi connectivity index (χ2n) is 8.42. The summed E-state index contributed by atoms with van der Waals surface area (Å²) < 4.78 is 0. The number of aromatic nitrogens is 2. The van der Waals surface area contributed by atoms with E-state index in [-0.39, 0.29) is 17.9 Å². The standard InChI is InChI=1S/C23H32N6O/c1-18(19-6-4-3-5-7-19)26-23(30)20-8-10-28(11-9-20)21-16-24-17-25-22(21)29-14-12-27(2)13-15-29/h3-7,16-18,20H,8-15H2,1-2H3,(H,26,30). The van der Waals surface area contributed by atoms with E-state index >= 15 is 0 Å². The molecule has 0 bridgehead atoms. The average Bonchev–Trinajstić information content (AvgIpc) is 2.80. The summed E-state index contributed by atoms with van der Waals surface area (Å²) in [6, 6.07) is 10.2. The van der Waals surface area contributed by atoms with Gasteiger partial charge in [0.1, 0.15) is 6.33 Å². The van der Waals surface area contributed by atoms with E-state index in [0.717, 1.165) is 69.2 Å². The SMILES string of the molecule is CC(NC(=O)C1CCN(c2cncnc2N2CCN(C)CC2)CC1)c1ccccc1. The smallest absolute Gasteiger partial charge is 0.223 e. The van der Waals surface area contributed by atoms with Gasteiger partial charge < -0.3 is 20.0 Å². The fourth-order valence-corrected chi connectivity index (χ4v) is 4.34. The second-order valence-corrected chi connectivity index (χ2v) is 8.42. The molecule has 30 heavy (non-hydrogen) atoms. The monoisotopic (exact) mass is 408 g/mol. The predicted molar refractivity (Wildman–Crippen MR) is 120 cm³/mol. The molecule has 1 amide bonds. The molecule has 1 aromatic carbocycles. The summed E-state index contributed by atoms with van der Waals surface area (Å²) in [7, 11) is 2.16. The van der Waals surface area contributed by atoms with E-state index in [0.29, 0.717) is 0 Å². The van der Waals surface area contributed by atoms with Gasteiger partial charge in [0.2, 0.25) is 5.91 Å². The minimum absolute atomic E-state index is 0.0306. The number of amides is 1. The van der Waals surface area contributed by atoms with Crippen molar-refractivity contribution < 1.29 is 4.79 Å². The van der Waals surface area contributed by atoms with E-state index in [2.05, 4.69) is 49.2 Å². The first-order chi connectivity index (χ1) is 14.6. The first kappa shape index (κ1) is 20.6. The van der Waals surface area contributed by atoms with Crippen molar-refractivity contribution in [2.75, 3.05) is 56.1 Å². The van der Waals surface area contributed by atoms with Crippen LogP contribution in [0, 0.1) is 5.92 Å². The van der Waals surface area contributed by atoms with Gasteiger partial charge in [0.15, 0.2) is 5.82 Å². The number of piperidine rings is 1. The highest BCUT2D eigenvalue weighted by Gasteiger charge is 2.28. The molecule has 1 aromatic heterocycles. The molecule has 2 aromatic rings. The molecule has 1 N–H and O–H groups in total. The Labute approximate surface area is 179 Å². The van der Waals surface area contributed by atoms with Crippen molar-refractivity contribution in [3.05, 3.63) is 48.4 Å².